The Labute approximate surface area is 189 Å². The van der Waals surface area contributed by atoms with E-state index in [1.807, 2.05) is 24.3 Å². The molecule has 2 aromatic carbocycles. The number of aryl methyl sites for hydroxylation is 1. The minimum absolute atomic E-state index is 0.670. The van der Waals surface area contributed by atoms with Gasteiger partial charge in [-0.1, -0.05) is 68.9 Å². The van der Waals surface area contributed by atoms with E-state index in [2.05, 4.69) is 62.1 Å². The summed E-state index contributed by atoms with van der Waals surface area (Å²) >= 11 is 0. The number of hydrogen-bond acceptors (Lipinski definition) is 1. The average Bonchev–Trinajstić information content (AvgIpc) is 2.82. The minimum atomic E-state index is 0.670. The lowest BCUT2D eigenvalue weighted by atomic mass is 9.78. The molecule has 0 unspecified atom stereocenters. The van der Waals surface area contributed by atoms with Crippen molar-refractivity contribution < 1.29 is 4.74 Å². The summed E-state index contributed by atoms with van der Waals surface area (Å²) in [4.78, 5) is 0. The average molecular weight is 415 g/mol. The standard InChI is InChI=1S/C30H38O/c1-3-5-9-25-12-18-28(19-13-25)29-20-14-26(15-21-29)10-7-8-11-27-16-22-30(23-17-27)31-24-6-4-2/h7,10,12-13,16-19,22-23,26,29H,3-6,9,14-15,20-21,24H2,1-2H3/b10-7+. The van der Waals surface area contributed by atoms with Crippen LogP contribution >= 0.6 is 0 Å². The highest BCUT2D eigenvalue weighted by molar-refractivity contribution is 5.40. The third-order valence-corrected chi connectivity index (χ3v) is 6.33. The lowest BCUT2D eigenvalue weighted by molar-refractivity contribution is 0.309. The fourth-order valence-corrected chi connectivity index (χ4v) is 4.26. The molecule has 1 aliphatic carbocycles. The van der Waals surface area contributed by atoms with Crippen molar-refractivity contribution in [3.05, 3.63) is 77.4 Å². The largest absolute Gasteiger partial charge is 0.494 e. The Morgan fingerprint density at radius 3 is 2.26 bits per heavy atom. The summed E-state index contributed by atoms with van der Waals surface area (Å²) < 4.78 is 5.71. The Morgan fingerprint density at radius 2 is 1.58 bits per heavy atom. The van der Waals surface area contributed by atoms with E-state index < -0.39 is 0 Å². The van der Waals surface area contributed by atoms with Crippen molar-refractivity contribution >= 4 is 0 Å². The molecule has 0 bridgehead atoms. The SMILES string of the molecule is CCCCOc1ccc(C#C/C=C/C2CCC(c3ccc(CCCC)cc3)CC2)cc1. The van der Waals surface area contributed by atoms with Crippen LogP contribution in [0.5, 0.6) is 5.75 Å². The molecule has 0 N–H and O–H groups in total. The summed E-state index contributed by atoms with van der Waals surface area (Å²) in [5.41, 5.74) is 4.06. The highest BCUT2D eigenvalue weighted by Crippen LogP contribution is 2.36. The van der Waals surface area contributed by atoms with Crippen LogP contribution in [0, 0.1) is 17.8 Å². The second kappa shape index (κ2) is 13.1. The lowest BCUT2D eigenvalue weighted by Gasteiger charge is -2.27. The summed E-state index contributed by atoms with van der Waals surface area (Å²) in [6.07, 6.45) is 15.5. The number of allylic oxidation sites excluding steroid dienone is 2. The first-order valence-electron chi connectivity index (χ1n) is 12.3. The fourth-order valence-electron chi connectivity index (χ4n) is 4.26. The number of rotatable bonds is 9. The van der Waals surface area contributed by atoms with Gasteiger partial charge in [0, 0.05) is 5.56 Å². The van der Waals surface area contributed by atoms with Crippen LogP contribution in [0.4, 0.5) is 0 Å². The van der Waals surface area contributed by atoms with Gasteiger partial charge in [0.25, 0.3) is 0 Å². The molecule has 1 heteroatoms. The maximum absolute atomic E-state index is 5.71. The second-order valence-corrected chi connectivity index (χ2v) is 8.81. The number of hydrogen-bond donors (Lipinski definition) is 0. The molecule has 164 valence electrons. The molecule has 1 fully saturated rings. The monoisotopic (exact) mass is 414 g/mol. The van der Waals surface area contributed by atoms with Crippen LogP contribution in [-0.4, -0.2) is 6.61 Å². The Morgan fingerprint density at radius 1 is 0.871 bits per heavy atom. The van der Waals surface area contributed by atoms with Crippen molar-refractivity contribution in [1.82, 2.24) is 0 Å². The van der Waals surface area contributed by atoms with Gasteiger partial charge in [-0.3, -0.25) is 0 Å². The first kappa shape index (κ1) is 23.2. The number of ether oxygens (including phenoxy) is 1. The van der Waals surface area contributed by atoms with Crippen molar-refractivity contribution in [2.75, 3.05) is 6.61 Å². The van der Waals surface area contributed by atoms with Gasteiger partial charge in [-0.2, -0.15) is 0 Å². The van der Waals surface area contributed by atoms with E-state index in [1.165, 1.54) is 56.1 Å². The Balaban J connectivity index is 1.42. The molecule has 0 aliphatic heterocycles. The maximum Gasteiger partial charge on any atom is 0.119 e. The maximum atomic E-state index is 5.71. The van der Waals surface area contributed by atoms with E-state index in [0.29, 0.717) is 5.92 Å². The molecule has 0 aromatic heterocycles. The zero-order valence-electron chi connectivity index (χ0n) is 19.4. The van der Waals surface area contributed by atoms with Gasteiger partial charge in [-0.25, -0.2) is 0 Å². The first-order chi connectivity index (χ1) is 15.3. The third kappa shape index (κ3) is 7.95. The second-order valence-electron chi connectivity index (χ2n) is 8.81. The van der Waals surface area contributed by atoms with Crippen LogP contribution in [0.15, 0.2) is 60.7 Å². The van der Waals surface area contributed by atoms with Gasteiger partial charge in [0.15, 0.2) is 0 Å². The quantitative estimate of drug-likeness (QED) is 0.297. The van der Waals surface area contributed by atoms with Gasteiger partial charge in [-0.05, 0) is 98.2 Å². The predicted molar refractivity (Wildman–Crippen MR) is 133 cm³/mol. The van der Waals surface area contributed by atoms with Gasteiger partial charge in [0.1, 0.15) is 5.75 Å². The van der Waals surface area contributed by atoms with Gasteiger partial charge in [0.05, 0.1) is 6.61 Å². The highest BCUT2D eigenvalue weighted by atomic mass is 16.5. The van der Waals surface area contributed by atoms with Crippen LogP contribution in [0.1, 0.15) is 87.8 Å². The zero-order valence-corrected chi connectivity index (χ0v) is 19.4. The highest BCUT2D eigenvalue weighted by Gasteiger charge is 2.20. The number of benzene rings is 2. The zero-order chi connectivity index (χ0) is 21.7. The van der Waals surface area contributed by atoms with E-state index in [4.69, 9.17) is 4.74 Å². The van der Waals surface area contributed by atoms with Crippen molar-refractivity contribution in [2.45, 2.75) is 77.6 Å². The van der Waals surface area contributed by atoms with Crippen LogP contribution < -0.4 is 4.74 Å². The topological polar surface area (TPSA) is 9.23 Å². The summed E-state index contributed by atoms with van der Waals surface area (Å²) in [5.74, 6) is 8.79. The van der Waals surface area contributed by atoms with Crippen LogP contribution in [0.25, 0.3) is 0 Å². The summed E-state index contributed by atoms with van der Waals surface area (Å²) in [6, 6.07) is 17.5. The molecule has 0 spiro atoms. The first-order valence-corrected chi connectivity index (χ1v) is 12.3. The van der Waals surface area contributed by atoms with Crippen LogP contribution in [0.2, 0.25) is 0 Å². The Kier molecular flexibility index (Phi) is 9.78. The van der Waals surface area contributed by atoms with Crippen LogP contribution in [-0.2, 0) is 6.42 Å². The van der Waals surface area contributed by atoms with E-state index >= 15 is 0 Å². The Hall–Kier alpha value is -2.46. The van der Waals surface area contributed by atoms with Gasteiger partial charge >= 0.3 is 0 Å². The molecule has 3 rings (SSSR count). The van der Waals surface area contributed by atoms with Crippen molar-refractivity contribution in [3.8, 4) is 17.6 Å². The lowest BCUT2D eigenvalue weighted by Crippen LogP contribution is -2.11. The smallest absolute Gasteiger partial charge is 0.119 e. The summed E-state index contributed by atoms with van der Waals surface area (Å²) in [5, 5.41) is 0. The van der Waals surface area contributed by atoms with E-state index in [0.717, 1.165) is 36.7 Å². The molecule has 31 heavy (non-hydrogen) atoms. The summed E-state index contributed by atoms with van der Waals surface area (Å²) in [7, 11) is 0. The Bertz CT molecular complexity index is 840. The molecule has 2 aromatic rings. The third-order valence-electron chi connectivity index (χ3n) is 6.33. The molecular weight excluding hydrogens is 376 g/mol. The van der Waals surface area contributed by atoms with Gasteiger partial charge < -0.3 is 4.74 Å². The molecule has 0 amide bonds. The van der Waals surface area contributed by atoms with E-state index in [9.17, 15) is 0 Å². The van der Waals surface area contributed by atoms with Gasteiger partial charge in [-0.15, -0.1) is 0 Å². The normalized spacial score (nSPS) is 18.5. The van der Waals surface area contributed by atoms with E-state index in [1.54, 1.807) is 0 Å². The predicted octanol–water partition coefficient (Wildman–Crippen LogP) is 8.09. The van der Waals surface area contributed by atoms with E-state index in [-0.39, 0.29) is 0 Å². The molecule has 0 heterocycles. The van der Waals surface area contributed by atoms with Gasteiger partial charge in [0.2, 0.25) is 0 Å². The molecular formula is C30H38O. The van der Waals surface area contributed by atoms with Crippen molar-refractivity contribution in [1.29, 1.82) is 0 Å². The molecule has 1 aliphatic rings. The molecule has 1 nitrogen and oxygen atoms in total. The molecule has 1 saturated carbocycles. The van der Waals surface area contributed by atoms with Crippen molar-refractivity contribution in [3.63, 3.8) is 0 Å². The molecule has 0 saturated heterocycles. The van der Waals surface area contributed by atoms with Crippen LogP contribution in [0.3, 0.4) is 0 Å². The summed E-state index contributed by atoms with van der Waals surface area (Å²) in [6.45, 7) is 5.22. The van der Waals surface area contributed by atoms with Crippen molar-refractivity contribution in [2.24, 2.45) is 5.92 Å². The molecule has 0 atom stereocenters. The minimum Gasteiger partial charge on any atom is -0.494 e. The fraction of sp³-hybridized carbons (Fsp3) is 0.467. The number of unbranched alkanes of at least 4 members (excludes halogenated alkanes) is 2. The molecule has 0 radical (unpaired) electrons.